The number of allylic oxidation sites excluding steroid dienone is 5. The zero-order chi connectivity index (χ0) is 36.6. The van der Waals surface area contributed by atoms with Crippen LogP contribution in [-0.2, 0) is 11.8 Å². The molecule has 7 aromatic carbocycles. The molecule has 0 saturated heterocycles. The highest BCUT2D eigenvalue weighted by Gasteiger charge is 2.45. The van der Waals surface area contributed by atoms with E-state index in [4.69, 9.17) is 11.5 Å². The predicted molar refractivity (Wildman–Crippen MR) is 228 cm³/mol. The second-order valence-corrected chi connectivity index (χ2v) is 14.6. The Hall–Kier alpha value is -6.48. The Morgan fingerprint density at radius 2 is 1.26 bits per heavy atom. The lowest BCUT2D eigenvalue weighted by Gasteiger charge is -2.34. The Morgan fingerprint density at radius 3 is 2.06 bits per heavy atom. The molecule has 9 rings (SSSR count). The normalized spacial score (nSPS) is 18.1. The lowest BCUT2D eigenvalue weighted by atomic mass is 9.67. The molecule has 0 aliphatic heterocycles. The number of hydrogen-bond donors (Lipinski definition) is 2. The van der Waals surface area contributed by atoms with Gasteiger partial charge >= 0.3 is 0 Å². The van der Waals surface area contributed by atoms with Gasteiger partial charge in [0.25, 0.3) is 0 Å². The fourth-order valence-corrected chi connectivity index (χ4v) is 8.60. The zero-order valence-electron chi connectivity index (χ0n) is 30.3. The van der Waals surface area contributed by atoms with Gasteiger partial charge in [-0.15, -0.1) is 0 Å². The molecule has 0 bridgehead atoms. The van der Waals surface area contributed by atoms with E-state index in [-0.39, 0.29) is 11.5 Å². The first kappa shape index (κ1) is 33.4. The summed E-state index contributed by atoms with van der Waals surface area (Å²) in [7, 11) is 0. The summed E-state index contributed by atoms with van der Waals surface area (Å²) in [5, 5.41) is 2.52. The minimum absolute atomic E-state index is 0.272. The Labute approximate surface area is 318 Å². The Morgan fingerprint density at radius 1 is 0.593 bits per heavy atom. The van der Waals surface area contributed by atoms with Crippen LogP contribution >= 0.6 is 0 Å². The Bertz CT molecular complexity index is 2640. The maximum absolute atomic E-state index is 6.58. The third kappa shape index (κ3) is 5.91. The van der Waals surface area contributed by atoms with Crippen LogP contribution in [0, 0.1) is 0 Å². The van der Waals surface area contributed by atoms with E-state index in [2.05, 4.69) is 152 Å². The fraction of sp³-hybridized carbons (Fsp3) is 0.0769. The van der Waals surface area contributed by atoms with Crippen LogP contribution in [0.3, 0.4) is 0 Å². The van der Waals surface area contributed by atoms with Crippen LogP contribution in [0.15, 0.2) is 200 Å². The van der Waals surface area contributed by atoms with Crippen LogP contribution in [0.25, 0.3) is 49.9 Å². The van der Waals surface area contributed by atoms with Crippen LogP contribution in [0.4, 0.5) is 0 Å². The van der Waals surface area contributed by atoms with Gasteiger partial charge in [0.05, 0.1) is 11.5 Å². The summed E-state index contributed by atoms with van der Waals surface area (Å²) in [5.41, 5.74) is 29.1. The SMILES string of the molecule is C=C1/C=C\C=C/CC2(c3ccccc3C1)c1ccc(-c3ccc(-c4cccc(/C(N)=C/C(N)c5ccccc5)c4)cc3)cc1-c1cc3ccccc3cc12. The topological polar surface area (TPSA) is 52.0 Å². The maximum atomic E-state index is 6.58. The van der Waals surface area contributed by atoms with E-state index >= 15 is 0 Å². The average molecular weight is 695 g/mol. The van der Waals surface area contributed by atoms with E-state index < -0.39 is 0 Å². The van der Waals surface area contributed by atoms with Crippen LogP contribution in [0.2, 0.25) is 0 Å². The number of nitrogens with two attached hydrogens (primary N) is 2. The number of rotatable bonds is 5. The van der Waals surface area contributed by atoms with Crippen LogP contribution in [-0.4, -0.2) is 0 Å². The van der Waals surface area contributed by atoms with Gasteiger partial charge in [-0.2, -0.15) is 0 Å². The largest absolute Gasteiger partial charge is 0.398 e. The molecule has 0 fully saturated rings. The molecule has 0 saturated carbocycles. The third-order valence-corrected chi connectivity index (χ3v) is 11.3. The highest BCUT2D eigenvalue weighted by Crippen LogP contribution is 2.57. The van der Waals surface area contributed by atoms with Gasteiger partial charge in [-0.25, -0.2) is 0 Å². The molecule has 1 spiro atoms. The summed E-state index contributed by atoms with van der Waals surface area (Å²) < 4.78 is 0. The van der Waals surface area contributed by atoms with Crippen molar-refractivity contribution in [2.75, 3.05) is 0 Å². The summed E-state index contributed by atoms with van der Waals surface area (Å²) in [6, 6.07) is 56.8. The van der Waals surface area contributed by atoms with E-state index in [0.29, 0.717) is 5.70 Å². The molecule has 2 aliphatic rings. The Balaban J connectivity index is 1.12. The predicted octanol–water partition coefficient (Wildman–Crippen LogP) is 12.1. The van der Waals surface area contributed by atoms with E-state index in [0.717, 1.165) is 40.7 Å². The molecule has 2 heteroatoms. The van der Waals surface area contributed by atoms with Gasteiger partial charge in [0.15, 0.2) is 0 Å². The van der Waals surface area contributed by atoms with Gasteiger partial charge in [-0.05, 0) is 121 Å². The monoisotopic (exact) mass is 694 g/mol. The second kappa shape index (κ2) is 13.8. The van der Waals surface area contributed by atoms with Crippen LogP contribution in [0.5, 0.6) is 0 Å². The summed E-state index contributed by atoms with van der Waals surface area (Å²) in [6.45, 7) is 4.40. The van der Waals surface area contributed by atoms with Crippen LogP contribution in [0.1, 0.15) is 45.8 Å². The summed E-state index contributed by atoms with van der Waals surface area (Å²) in [4.78, 5) is 0. The summed E-state index contributed by atoms with van der Waals surface area (Å²) in [5.74, 6) is 0. The van der Waals surface area contributed by atoms with Crippen molar-refractivity contribution in [1.82, 2.24) is 0 Å². The maximum Gasteiger partial charge on any atom is 0.0504 e. The smallest absolute Gasteiger partial charge is 0.0504 e. The molecule has 2 atom stereocenters. The van der Waals surface area contributed by atoms with Gasteiger partial charge in [-0.1, -0.05) is 170 Å². The second-order valence-electron chi connectivity index (χ2n) is 14.6. The molecule has 54 heavy (non-hydrogen) atoms. The quantitative estimate of drug-likeness (QED) is 0.188. The summed E-state index contributed by atoms with van der Waals surface area (Å²) in [6.07, 6.45) is 12.4. The van der Waals surface area contributed by atoms with Crippen molar-refractivity contribution in [2.45, 2.75) is 24.3 Å². The van der Waals surface area contributed by atoms with Crippen molar-refractivity contribution >= 4 is 16.5 Å². The molecule has 7 aromatic rings. The van der Waals surface area contributed by atoms with Crippen molar-refractivity contribution in [3.05, 3.63) is 234 Å². The highest BCUT2D eigenvalue weighted by atomic mass is 14.6. The van der Waals surface area contributed by atoms with Crippen LogP contribution < -0.4 is 11.5 Å². The van der Waals surface area contributed by atoms with Crippen molar-refractivity contribution in [1.29, 1.82) is 0 Å². The standard InChI is InChI=1S/C52H42N2/c1-35-13-4-3-11-28-52(47-21-10-9-18-43(47)29-35)48-27-26-42(32-45(48)46-31-40-16-7-8-17-41(40)33-49(46)52)37-24-22-36(23-25-37)39-19-12-20-44(30-39)51(54)34-50(53)38-14-5-2-6-15-38/h2-27,30-34,50H,1,28-29,53-54H2/b11-3-,13-4-,51-34-. The molecule has 4 N–H and O–H groups in total. The van der Waals surface area contributed by atoms with E-state index in [1.54, 1.807) is 0 Å². The molecular weight excluding hydrogens is 653 g/mol. The van der Waals surface area contributed by atoms with Crippen molar-refractivity contribution in [3.8, 4) is 33.4 Å². The first-order valence-corrected chi connectivity index (χ1v) is 18.7. The molecule has 2 unspecified atom stereocenters. The molecule has 0 amide bonds. The van der Waals surface area contributed by atoms with Gasteiger partial charge in [0, 0.05) is 5.70 Å². The molecule has 0 radical (unpaired) electrons. The zero-order valence-corrected chi connectivity index (χ0v) is 30.3. The minimum Gasteiger partial charge on any atom is -0.398 e. The fourth-order valence-electron chi connectivity index (χ4n) is 8.60. The average Bonchev–Trinajstić information content (AvgIpc) is 3.48. The molecule has 0 aromatic heterocycles. The number of fused-ring (bicyclic) bond motifs is 8. The van der Waals surface area contributed by atoms with Gasteiger partial charge in [0.2, 0.25) is 0 Å². The van der Waals surface area contributed by atoms with E-state index in [1.165, 1.54) is 55.3 Å². The van der Waals surface area contributed by atoms with E-state index in [1.807, 2.05) is 42.5 Å². The number of benzene rings is 7. The van der Waals surface area contributed by atoms with Crippen molar-refractivity contribution in [3.63, 3.8) is 0 Å². The Kier molecular flexibility index (Phi) is 8.54. The molecular formula is C52H42N2. The van der Waals surface area contributed by atoms with E-state index in [9.17, 15) is 0 Å². The molecule has 2 nitrogen and oxygen atoms in total. The summed E-state index contributed by atoms with van der Waals surface area (Å²) >= 11 is 0. The first-order valence-electron chi connectivity index (χ1n) is 18.7. The third-order valence-electron chi connectivity index (χ3n) is 11.3. The van der Waals surface area contributed by atoms with Crippen molar-refractivity contribution < 1.29 is 0 Å². The van der Waals surface area contributed by atoms with Crippen molar-refractivity contribution in [2.24, 2.45) is 11.5 Å². The number of hydrogen-bond acceptors (Lipinski definition) is 2. The van der Waals surface area contributed by atoms with Gasteiger partial charge in [-0.3, -0.25) is 0 Å². The minimum atomic E-state index is -0.331. The van der Waals surface area contributed by atoms with Gasteiger partial charge < -0.3 is 11.5 Å². The van der Waals surface area contributed by atoms with Gasteiger partial charge in [0.1, 0.15) is 0 Å². The lowest BCUT2D eigenvalue weighted by molar-refractivity contribution is 0.638. The first-order chi connectivity index (χ1) is 26.5. The molecule has 2 aliphatic carbocycles. The lowest BCUT2D eigenvalue weighted by Crippen LogP contribution is -2.28. The molecule has 0 heterocycles. The molecule has 260 valence electrons. The highest BCUT2D eigenvalue weighted by molar-refractivity contribution is 5.96.